The van der Waals surface area contributed by atoms with Crippen molar-refractivity contribution in [2.75, 3.05) is 52.9 Å². The monoisotopic (exact) mass is 441 g/mol. The second-order valence-corrected chi connectivity index (χ2v) is 7.90. The number of carbonyl (C=O) groups excluding carboxylic acids is 3. The van der Waals surface area contributed by atoms with Gasteiger partial charge in [-0.15, -0.1) is 0 Å². The van der Waals surface area contributed by atoms with Gasteiger partial charge in [0.1, 0.15) is 0 Å². The van der Waals surface area contributed by atoms with E-state index < -0.39 is 0 Å². The number of rotatable bonds is 15. The summed E-state index contributed by atoms with van der Waals surface area (Å²) in [4.78, 5) is 39.8. The Kier molecular flexibility index (Phi) is 19.2. The summed E-state index contributed by atoms with van der Waals surface area (Å²) in [5, 5.41) is 5.83. The van der Waals surface area contributed by atoms with Gasteiger partial charge in [0.25, 0.3) is 0 Å². The van der Waals surface area contributed by atoms with Crippen LogP contribution in [0.3, 0.4) is 0 Å². The highest BCUT2D eigenvalue weighted by Crippen LogP contribution is 2.05. The first-order chi connectivity index (χ1) is 15.0. The molecule has 182 valence electrons. The summed E-state index contributed by atoms with van der Waals surface area (Å²) in [6.07, 6.45) is 7.65. The molecule has 0 atom stereocenters. The van der Waals surface area contributed by atoms with Gasteiger partial charge in [0.05, 0.1) is 0 Å². The van der Waals surface area contributed by atoms with Crippen LogP contribution in [-0.2, 0) is 14.4 Å². The molecular formula is C23H47N5O3. The Labute approximate surface area is 189 Å². The van der Waals surface area contributed by atoms with Crippen molar-refractivity contribution < 1.29 is 14.4 Å². The van der Waals surface area contributed by atoms with Crippen molar-refractivity contribution in [1.82, 2.24) is 20.4 Å². The summed E-state index contributed by atoms with van der Waals surface area (Å²) < 4.78 is 0. The van der Waals surface area contributed by atoms with E-state index in [0.29, 0.717) is 38.8 Å². The van der Waals surface area contributed by atoms with E-state index in [-0.39, 0.29) is 17.7 Å². The third-order valence-electron chi connectivity index (χ3n) is 5.26. The minimum Gasteiger partial charge on any atom is -0.356 e. The lowest BCUT2D eigenvalue weighted by Gasteiger charge is -2.32. The van der Waals surface area contributed by atoms with Crippen LogP contribution < -0.4 is 16.4 Å². The van der Waals surface area contributed by atoms with Gasteiger partial charge in [-0.3, -0.25) is 14.4 Å². The van der Waals surface area contributed by atoms with E-state index in [4.69, 9.17) is 5.73 Å². The topological polar surface area (TPSA) is 108 Å². The molecule has 0 aliphatic carbocycles. The molecule has 8 nitrogen and oxygen atoms in total. The molecule has 0 aromatic heterocycles. The molecule has 0 saturated carbocycles. The molecule has 0 aromatic carbocycles. The van der Waals surface area contributed by atoms with E-state index in [0.717, 1.165) is 71.2 Å². The largest absolute Gasteiger partial charge is 0.356 e. The molecule has 0 aromatic rings. The number of likely N-dealkylation sites (N-methyl/N-ethyl adjacent to an activating group) is 1. The van der Waals surface area contributed by atoms with Crippen LogP contribution in [0.4, 0.5) is 0 Å². The van der Waals surface area contributed by atoms with E-state index in [9.17, 15) is 14.4 Å². The fourth-order valence-corrected chi connectivity index (χ4v) is 3.28. The molecule has 1 saturated heterocycles. The lowest BCUT2D eigenvalue weighted by Crippen LogP contribution is -2.47. The number of unbranched alkanes of at least 4 members (excludes halogenated alkanes) is 4. The third-order valence-corrected chi connectivity index (χ3v) is 5.26. The number of hydrogen-bond acceptors (Lipinski definition) is 5. The Hall–Kier alpha value is -1.67. The summed E-state index contributed by atoms with van der Waals surface area (Å²) >= 11 is 0. The first-order valence-electron chi connectivity index (χ1n) is 12.2. The van der Waals surface area contributed by atoms with Gasteiger partial charge in [0.2, 0.25) is 17.7 Å². The Morgan fingerprint density at radius 2 is 1.23 bits per heavy atom. The molecule has 1 aliphatic rings. The van der Waals surface area contributed by atoms with Crippen molar-refractivity contribution in [3.8, 4) is 0 Å². The minimum atomic E-state index is 0.00593. The Morgan fingerprint density at radius 3 is 1.77 bits per heavy atom. The Bertz CT molecular complexity index is 480. The fourth-order valence-electron chi connectivity index (χ4n) is 3.28. The van der Waals surface area contributed by atoms with Crippen molar-refractivity contribution >= 4 is 17.7 Å². The third kappa shape index (κ3) is 16.7. The number of piperazine rings is 1. The van der Waals surface area contributed by atoms with Gasteiger partial charge in [-0.05, 0) is 45.7 Å². The Morgan fingerprint density at radius 1 is 0.710 bits per heavy atom. The molecule has 1 rings (SSSR count). The number of nitrogens with zero attached hydrogens (tertiary/aromatic N) is 2. The standard InChI is InChI=1S/C21H41N5O3.C2H6/c1-25-15-17-26(18-16-25)21(29)11-8-10-20(28)24-13-6-2-4-9-19(27)23-14-7-3-5-12-22;1-2/h2-18,22H2,1H3,(H,23,27)(H,24,28);1-2H3. The van der Waals surface area contributed by atoms with Crippen LogP contribution in [0.15, 0.2) is 0 Å². The summed E-state index contributed by atoms with van der Waals surface area (Å²) in [6.45, 7) is 9.48. The maximum Gasteiger partial charge on any atom is 0.222 e. The predicted octanol–water partition coefficient (Wildman–Crippen LogP) is 1.88. The number of hydrogen-bond donors (Lipinski definition) is 3. The number of amides is 3. The number of carbonyl (C=O) groups is 3. The molecule has 0 unspecified atom stereocenters. The highest BCUT2D eigenvalue weighted by molar-refractivity contribution is 5.79. The molecule has 1 aliphatic heterocycles. The Balaban J connectivity index is 0.00000436. The minimum absolute atomic E-state index is 0.00593. The van der Waals surface area contributed by atoms with Gasteiger partial charge in [0, 0.05) is 58.5 Å². The average Bonchev–Trinajstić information content (AvgIpc) is 2.77. The summed E-state index contributed by atoms with van der Waals surface area (Å²) in [6, 6.07) is 0. The van der Waals surface area contributed by atoms with Gasteiger partial charge in [-0.2, -0.15) is 0 Å². The van der Waals surface area contributed by atoms with Crippen LogP contribution in [0.2, 0.25) is 0 Å². The van der Waals surface area contributed by atoms with Crippen LogP contribution in [-0.4, -0.2) is 80.4 Å². The molecule has 3 amide bonds. The van der Waals surface area contributed by atoms with Gasteiger partial charge in [-0.1, -0.05) is 26.7 Å². The zero-order chi connectivity index (χ0) is 23.3. The molecule has 1 heterocycles. The second kappa shape index (κ2) is 20.2. The van der Waals surface area contributed by atoms with Gasteiger partial charge >= 0.3 is 0 Å². The molecule has 4 N–H and O–H groups in total. The van der Waals surface area contributed by atoms with Crippen LogP contribution in [0.25, 0.3) is 0 Å². The number of nitrogens with one attached hydrogen (secondary N) is 2. The lowest BCUT2D eigenvalue weighted by atomic mass is 10.1. The van der Waals surface area contributed by atoms with Crippen molar-refractivity contribution in [2.45, 2.75) is 78.1 Å². The smallest absolute Gasteiger partial charge is 0.222 e. The van der Waals surface area contributed by atoms with Crippen molar-refractivity contribution in [2.24, 2.45) is 5.73 Å². The van der Waals surface area contributed by atoms with Crippen LogP contribution in [0.1, 0.15) is 78.1 Å². The van der Waals surface area contributed by atoms with E-state index >= 15 is 0 Å². The van der Waals surface area contributed by atoms with Gasteiger partial charge in [-0.25, -0.2) is 0 Å². The SMILES string of the molecule is CC.CN1CCN(C(=O)CCCC(=O)NCCCCCC(=O)NCCCCCN)CC1. The maximum absolute atomic E-state index is 12.1. The van der Waals surface area contributed by atoms with E-state index in [2.05, 4.69) is 22.6 Å². The molecular weight excluding hydrogens is 394 g/mol. The molecule has 1 fully saturated rings. The van der Waals surface area contributed by atoms with Crippen LogP contribution in [0.5, 0.6) is 0 Å². The zero-order valence-corrected chi connectivity index (χ0v) is 20.2. The van der Waals surface area contributed by atoms with Gasteiger partial charge < -0.3 is 26.2 Å². The molecule has 8 heteroatoms. The zero-order valence-electron chi connectivity index (χ0n) is 20.2. The van der Waals surface area contributed by atoms with Crippen molar-refractivity contribution in [3.63, 3.8) is 0 Å². The van der Waals surface area contributed by atoms with Gasteiger partial charge in [0.15, 0.2) is 0 Å². The highest BCUT2D eigenvalue weighted by Gasteiger charge is 2.18. The molecule has 0 spiro atoms. The highest BCUT2D eigenvalue weighted by atomic mass is 16.2. The van der Waals surface area contributed by atoms with E-state index in [1.165, 1.54) is 0 Å². The molecule has 0 radical (unpaired) electrons. The fraction of sp³-hybridized carbons (Fsp3) is 0.870. The first-order valence-corrected chi connectivity index (χ1v) is 12.2. The normalized spacial score (nSPS) is 13.9. The van der Waals surface area contributed by atoms with Crippen LogP contribution >= 0.6 is 0 Å². The molecule has 0 bridgehead atoms. The van der Waals surface area contributed by atoms with Crippen molar-refractivity contribution in [3.05, 3.63) is 0 Å². The predicted molar refractivity (Wildman–Crippen MR) is 127 cm³/mol. The summed E-state index contributed by atoms with van der Waals surface area (Å²) in [5.74, 6) is 0.266. The van der Waals surface area contributed by atoms with E-state index in [1.807, 2.05) is 18.7 Å². The lowest BCUT2D eigenvalue weighted by molar-refractivity contribution is -0.133. The van der Waals surface area contributed by atoms with E-state index in [1.54, 1.807) is 0 Å². The summed E-state index contributed by atoms with van der Waals surface area (Å²) in [7, 11) is 2.06. The number of nitrogens with two attached hydrogens (primary N) is 1. The molecule has 31 heavy (non-hydrogen) atoms. The van der Waals surface area contributed by atoms with Crippen LogP contribution in [0, 0.1) is 0 Å². The first kappa shape index (κ1) is 29.3. The summed E-state index contributed by atoms with van der Waals surface area (Å²) in [5.41, 5.74) is 5.43. The maximum atomic E-state index is 12.1. The average molecular weight is 442 g/mol. The van der Waals surface area contributed by atoms with Crippen molar-refractivity contribution in [1.29, 1.82) is 0 Å². The second-order valence-electron chi connectivity index (χ2n) is 7.90. The quantitative estimate of drug-likeness (QED) is 0.336.